The molecule has 3 heterocycles. The van der Waals surface area contributed by atoms with Crippen LogP contribution in [0.3, 0.4) is 0 Å². The van der Waals surface area contributed by atoms with Crippen LogP contribution >= 0.6 is 0 Å². The number of amides is 2. The third-order valence-corrected chi connectivity index (χ3v) is 4.75. The van der Waals surface area contributed by atoms with Crippen molar-refractivity contribution >= 4 is 6.03 Å². The first-order valence-corrected chi connectivity index (χ1v) is 7.96. The topological polar surface area (TPSA) is 54.5 Å². The number of fused-ring (bicyclic) bond motifs is 2. The van der Waals surface area contributed by atoms with E-state index in [4.69, 9.17) is 4.74 Å². The molecule has 21 heavy (non-hydrogen) atoms. The van der Waals surface area contributed by atoms with E-state index >= 15 is 0 Å². The number of piperidine rings is 1. The summed E-state index contributed by atoms with van der Waals surface area (Å²) in [5.74, 6) is 0.692. The van der Waals surface area contributed by atoms with Crippen molar-refractivity contribution in [2.45, 2.75) is 62.8 Å². The summed E-state index contributed by atoms with van der Waals surface area (Å²) in [6.07, 6.45) is 8.26. The molecule has 1 N–H and O–H groups in total. The lowest BCUT2D eigenvalue weighted by Gasteiger charge is -2.38. The lowest BCUT2D eigenvalue weighted by atomic mass is 10.00. The Balaban J connectivity index is 1.39. The number of carbonyl (C=O) groups is 1. The molecular weight excluding hydrogens is 266 g/mol. The Hall–Kier alpha value is -1.78. The predicted octanol–water partition coefficient (Wildman–Crippen LogP) is 2.33. The molecule has 2 amide bonds. The highest BCUT2D eigenvalue weighted by Crippen LogP contribution is 2.37. The van der Waals surface area contributed by atoms with Crippen molar-refractivity contribution in [3.05, 3.63) is 24.4 Å². The molecule has 1 saturated carbocycles. The van der Waals surface area contributed by atoms with Crippen LogP contribution in [0.2, 0.25) is 0 Å². The molecule has 1 aromatic heterocycles. The molecule has 5 heteroatoms. The van der Waals surface area contributed by atoms with Crippen molar-refractivity contribution in [3.8, 4) is 5.88 Å². The van der Waals surface area contributed by atoms with Gasteiger partial charge in [0.25, 0.3) is 0 Å². The molecule has 1 aliphatic carbocycles. The number of rotatable bonds is 3. The van der Waals surface area contributed by atoms with Crippen LogP contribution in [0.5, 0.6) is 5.88 Å². The first kappa shape index (κ1) is 12.9. The van der Waals surface area contributed by atoms with Gasteiger partial charge >= 0.3 is 6.03 Å². The van der Waals surface area contributed by atoms with E-state index in [0.29, 0.717) is 24.0 Å². The Morgan fingerprint density at radius 1 is 1.19 bits per heavy atom. The normalized spacial score (nSPS) is 31.0. The van der Waals surface area contributed by atoms with Crippen LogP contribution in [0.1, 0.15) is 38.5 Å². The first-order valence-electron chi connectivity index (χ1n) is 7.96. The molecule has 0 radical (unpaired) electrons. The van der Waals surface area contributed by atoms with E-state index in [1.165, 1.54) is 0 Å². The molecule has 5 nitrogen and oxygen atoms in total. The maximum Gasteiger partial charge on any atom is 0.318 e. The van der Waals surface area contributed by atoms with Gasteiger partial charge in [0.2, 0.25) is 5.88 Å². The summed E-state index contributed by atoms with van der Waals surface area (Å²) in [6.45, 7) is 0. The highest BCUT2D eigenvalue weighted by atomic mass is 16.5. The molecular formula is C16H21N3O2. The lowest BCUT2D eigenvalue weighted by Crippen LogP contribution is -2.53. The fraction of sp³-hybridized carbons (Fsp3) is 0.625. The zero-order chi connectivity index (χ0) is 14.2. The summed E-state index contributed by atoms with van der Waals surface area (Å²) >= 11 is 0. The predicted molar refractivity (Wildman–Crippen MR) is 78.1 cm³/mol. The molecule has 2 aliphatic heterocycles. The van der Waals surface area contributed by atoms with Gasteiger partial charge in [-0.1, -0.05) is 6.07 Å². The number of urea groups is 1. The van der Waals surface area contributed by atoms with Gasteiger partial charge in [0.15, 0.2) is 0 Å². The smallest absolute Gasteiger partial charge is 0.318 e. The van der Waals surface area contributed by atoms with E-state index in [9.17, 15) is 4.79 Å². The molecule has 3 aliphatic rings. The van der Waals surface area contributed by atoms with Gasteiger partial charge in [-0.3, -0.25) is 0 Å². The Bertz CT molecular complexity index is 504. The molecule has 2 saturated heterocycles. The van der Waals surface area contributed by atoms with Crippen molar-refractivity contribution < 1.29 is 9.53 Å². The van der Waals surface area contributed by atoms with Crippen LogP contribution in [0.4, 0.5) is 4.79 Å². The van der Waals surface area contributed by atoms with E-state index in [-0.39, 0.29) is 12.1 Å². The van der Waals surface area contributed by atoms with Crippen molar-refractivity contribution in [2.75, 3.05) is 0 Å². The summed E-state index contributed by atoms with van der Waals surface area (Å²) in [7, 11) is 0. The summed E-state index contributed by atoms with van der Waals surface area (Å²) in [5, 5.41) is 3.12. The first-order chi connectivity index (χ1) is 10.3. The van der Waals surface area contributed by atoms with Gasteiger partial charge < -0.3 is 15.0 Å². The number of hydrogen-bond donors (Lipinski definition) is 1. The second-order valence-corrected chi connectivity index (χ2v) is 6.40. The molecule has 2 unspecified atom stereocenters. The number of nitrogens with one attached hydrogen (secondary N) is 1. The Morgan fingerprint density at radius 2 is 1.95 bits per heavy atom. The molecule has 1 aromatic rings. The van der Waals surface area contributed by atoms with E-state index in [1.807, 2.05) is 18.2 Å². The monoisotopic (exact) mass is 287 g/mol. The number of nitrogens with zero attached hydrogens (tertiary/aromatic N) is 2. The van der Waals surface area contributed by atoms with Crippen LogP contribution in [0.25, 0.3) is 0 Å². The van der Waals surface area contributed by atoms with Crippen molar-refractivity contribution in [1.29, 1.82) is 0 Å². The Kier molecular flexibility index (Phi) is 3.20. The number of aromatic nitrogens is 1. The minimum atomic E-state index is 0.140. The fourth-order valence-corrected chi connectivity index (χ4v) is 3.62. The zero-order valence-corrected chi connectivity index (χ0v) is 12.1. The molecule has 3 fully saturated rings. The Labute approximate surface area is 124 Å². The second kappa shape index (κ2) is 5.20. The summed E-state index contributed by atoms with van der Waals surface area (Å²) in [6, 6.07) is 6.96. The summed E-state index contributed by atoms with van der Waals surface area (Å²) in [4.78, 5) is 18.6. The quantitative estimate of drug-likeness (QED) is 0.928. The summed E-state index contributed by atoms with van der Waals surface area (Å²) in [5.41, 5.74) is 0. The molecule has 0 aromatic carbocycles. The van der Waals surface area contributed by atoms with Crippen LogP contribution in [0.15, 0.2) is 24.4 Å². The maximum atomic E-state index is 12.3. The Morgan fingerprint density at radius 3 is 2.57 bits per heavy atom. The van der Waals surface area contributed by atoms with Gasteiger partial charge in [-0.2, -0.15) is 0 Å². The highest BCUT2D eigenvalue weighted by Gasteiger charge is 2.44. The van der Waals surface area contributed by atoms with Crippen molar-refractivity contribution in [1.82, 2.24) is 15.2 Å². The minimum absolute atomic E-state index is 0.140. The van der Waals surface area contributed by atoms with Crippen LogP contribution < -0.4 is 10.1 Å². The third kappa shape index (κ3) is 2.69. The van der Waals surface area contributed by atoms with E-state index in [1.54, 1.807) is 6.20 Å². The van der Waals surface area contributed by atoms with Gasteiger partial charge in [-0.25, -0.2) is 9.78 Å². The lowest BCUT2D eigenvalue weighted by molar-refractivity contribution is 0.0660. The fourth-order valence-electron chi connectivity index (χ4n) is 3.62. The highest BCUT2D eigenvalue weighted by molar-refractivity contribution is 5.76. The number of hydrogen-bond acceptors (Lipinski definition) is 3. The average Bonchev–Trinajstić information content (AvgIpc) is 3.25. The number of ether oxygens (including phenoxy) is 1. The zero-order valence-electron chi connectivity index (χ0n) is 12.1. The van der Waals surface area contributed by atoms with Crippen LogP contribution in [-0.4, -0.2) is 40.1 Å². The van der Waals surface area contributed by atoms with Crippen LogP contribution in [-0.2, 0) is 0 Å². The summed E-state index contributed by atoms with van der Waals surface area (Å²) < 4.78 is 5.99. The molecule has 2 bridgehead atoms. The minimum Gasteiger partial charge on any atom is -0.474 e. The van der Waals surface area contributed by atoms with E-state index < -0.39 is 0 Å². The van der Waals surface area contributed by atoms with Gasteiger partial charge in [0, 0.05) is 43.2 Å². The standard InChI is InChI=1S/C16H21N3O2/c20-16(18-11-4-5-11)19-12-6-7-13(19)10-14(9-12)21-15-3-1-2-8-17-15/h1-3,8,11-14H,4-7,9-10H2,(H,18,20). The largest absolute Gasteiger partial charge is 0.474 e. The van der Waals surface area contributed by atoms with Gasteiger partial charge in [-0.15, -0.1) is 0 Å². The van der Waals surface area contributed by atoms with E-state index in [0.717, 1.165) is 38.5 Å². The van der Waals surface area contributed by atoms with E-state index in [2.05, 4.69) is 15.2 Å². The van der Waals surface area contributed by atoms with Crippen LogP contribution in [0, 0.1) is 0 Å². The third-order valence-electron chi connectivity index (χ3n) is 4.75. The van der Waals surface area contributed by atoms with Gasteiger partial charge in [0.1, 0.15) is 6.10 Å². The van der Waals surface area contributed by atoms with Crippen molar-refractivity contribution in [3.63, 3.8) is 0 Å². The molecule has 0 spiro atoms. The molecule has 112 valence electrons. The maximum absolute atomic E-state index is 12.3. The van der Waals surface area contributed by atoms with Crippen molar-refractivity contribution in [2.24, 2.45) is 0 Å². The average molecular weight is 287 g/mol. The SMILES string of the molecule is O=C(NC1CC1)N1C2CCC1CC(Oc1ccccn1)C2. The second-order valence-electron chi connectivity index (χ2n) is 6.40. The number of pyridine rings is 1. The van der Waals surface area contributed by atoms with Gasteiger partial charge in [0.05, 0.1) is 0 Å². The molecule has 4 rings (SSSR count). The molecule has 2 atom stereocenters. The van der Waals surface area contributed by atoms with Gasteiger partial charge in [-0.05, 0) is 31.7 Å². The number of carbonyl (C=O) groups excluding carboxylic acids is 1.